The lowest BCUT2D eigenvalue weighted by Crippen LogP contribution is -2.23. The highest BCUT2D eigenvalue weighted by atomic mass is 32.2. The summed E-state index contributed by atoms with van der Waals surface area (Å²) in [7, 11) is 1.84. The third kappa shape index (κ3) is 3.69. The van der Waals surface area contributed by atoms with Crippen molar-refractivity contribution in [1.82, 2.24) is 14.8 Å². The average molecular weight is 357 g/mol. The molecule has 6 nitrogen and oxygen atoms in total. The van der Waals surface area contributed by atoms with E-state index in [1.807, 2.05) is 48.6 Å². The van der Waals surface area contributed by atoms with E-state index < -0.39 is 0 Å². The molecule has 0 aliphatic rings. The van der Waals surface area contributed by atoms with Gasteiger partial charge in [0.2, 0.25) is 5.91 Å². The molecule has 2 aromatic heterocycles. The number of nitrogens with zero attached hydrogens (tertiary/aromatic N) is 4. The lowest BCUT2D eigenvalue weighted by Gasteiger charge is -2.15. The maximum atomic E-state index is 12.6. The molecule has 7 heteroatoms. The molecule has 0 aliphatic carbocycles. The van der Waals surface area contributed by atoms with Crippen LogP contribution in [0.2, 0.25) is 0 Å². The number of aryl methyl sites for hydroxylation is 3. The quantitative estimate of drug-likeness (QED) is 0.848. The first-order valence-electron chi connectivity index (χ1n) is 8.03. The summed E-state index contributed by atoms with van der Waals surface area (Å²) in [6.45, 7) is 11.4. The van der Waals surface area contributed by atoms with E-state index in [9.17, 15) is 10.1 Å². The maximum Gasteiger partial charge on any atom is 0.237 e. The van der Waals surface area contributed by atoms with E-state index in [1.54, 1.807) is 4.68 Å². The van der Waals surface area contributed by atoms with Crippen LogP contribution in [-0.4, -0.2) is 25.9 Å². The van der Waals surface area contributed by atoms with Crippen LogP contribution in [0.15, 0.2) is 5.03 Å². The lowest BCUT2D eigenvalue weighted by atomic mass is 10.1. The zero-order valence-electron chi connectivity index (χ0n) is 15.7. The topological polar surface area (TPSA) is 83.6 Å². The second kappa shape index (κ2) is 7.28. The Morgan fingerprint density at radius 1 is 1.20 bits per heavy atom. The van der Waals surface area contributed by atoms with Crippen molar-refractivity contribution in [2.45, 2.75) is 51.8 Å². The largest absolute Gasteiger partial charge is 0.322 e. The van der Waals surface area contributed by atoms with E-state index in [1.165, 1.54) is 11.8 Å². The molecular weight excluding hydrogens is 334 g/mol. The van der Waals surface area contributed by atoms with Gasteiger partial charge in [0.25, 0.3) is 0 Å². The summed E-state index contributed by atoms with van der Waals surface area (Å²) in [4.78, 5) is 17.1. The van der Waals surface area contributed by atoms with Gasteiger partial charge in [-0.05, 0) is 52.7 Å². The zero-order valence-corrected chi connectivity index (χ0v) is 16.5. The SMILES string of the molecule is Cc1nc(S[C@H](C)C(=O)Nc2c(C)nn(C)c2C)c(C#N)c(C)c1C. The number of anilines is 1. The number of thioether (sulfide) groups is 1. The van der Waals surface area contributed by atoms with Crippen LogP contribution in [0.3, 0.4) is 0 Å². The first-order valence-corrected chi connectivity index (χ1v) is 8.90. The molecule has 0 spiro atoms. The van der Waals surface area contributed by atoms with Crippen molar-refractivity contribution in [2.24, 2.45) is 7.05 Å². The van der Waals surface area contributed by atoms with Gasteiger partial charge in [-0.3, -0.25) is 9.48 Å². The third-order valence-corrected chi connectivity index (χ3v) is 5.58. The van der Waals surface area contributed by atoms with Gasteiger partial charge < -0.3 is 5.32 Å². The highest BCUT2D eigenvalue weighted by Gasteiger charge is 2.22. The molecule has 0 aliphatic heterocycles. The van der Waals surface area contributed by atoms with Crippen molar-refractivity contribution >= 4 is 23.4 Å². The van der Waals surface area contributed by atoms with Gasteiger partial charge in [0, 0.05) is 12.7 Å². The molecule has 0 bridgehead atoms. The fraction of sp³-hybridized carbons (Fsp3) is 0.444. The minimum absolute atomic E-state index is 0.134. The van der Waals surface area contributed by atoms with E-state index in [2.05, 4.69) is 21.5 Å². The van der Waals surface area contributed by atoms with Gasteiger partial charge in [0.1, 0.15) is 11.1 Å². The Labute approximate surface area is 152 Å². The monoisotopic (exact) mass is 357 g/mol. The first-order chi connectivity index (χ1) is 11.7. The number of carbonyl (C=O) groups is 1. The Balaban J connectivity index is 2.24. The molecule has 0 unspecified atom stereocenters. The molecule has 1 atom stereocenters. The Morgan fingerprint density at radius 2 is 1.84 bits per heavy atom. The second-order valence-electron chi connectivity index (χ2n) is 6.16. The summed E-state index contributed by atoms with van der Waals surface area (Å²) in [5.41, 5.74) is 5.78. The molecule has 0 saturated carbocycles. The van der Waals surface area contributed by atoms with E-state index in [0.717, 1.165) is 33.9 Å². The van der Waals surface area contributed by atoms with Crippen molar-refractivity contribution in [3.05, 3.63) is 33.8 Å². The van der Waals surface area contributed by atoms with Crippen molar-refractivity contribution < 1.29 is 4.79 Å². The lowest BCUT2D eigenvalue weighted by molar-refractivity contribution is -0.115. The molecule has 0 aromatic carbocycles. The zero-order chi connectivity index (χ0) is 18.9. The molecule has 25 heavy (non-hydrogen) atoms. The fourth-order valence-electron chi connectivity index (χ4n) is 2.53. The first kappa shape index (κ1) is 19.0. The number of rotatable bonds is 4. The van der Waals surface area contributed by atoms with Gasteiger partial charge in [-0.15, -0.1) is 0 Å². The molecule has 132 valence electrons. The van der Waals surface area contributed by atoms with Gasteiger partial charge in [0.05, 0.1) is 27.9 Å². The van der Waals surface area contributed by atoms with Crippen molar-refractivity contribution in [3.63, 3.8) is 0 Å². The summed E-state index contributed by atoms with van der Waals surface area (Å²) in [6.07, 6.45) is 0. The number of carbonyl (C=O) groups excluding carboxylic acids is 1. The Bertz CT molecular complexity index is 879. The van der Waals surface area contributed by atoms with Crippen LogP contribution in [-0.2, 0) is 11.8 Å². The fourth-order valence-corrected chi connectivity index (χ4v) is 3.54. The number of amides is 1. The van der Waals surface area contributed by atoms with Crippen LogP contribution in [0.5, 0.6) is 0 Å². The number of aromatic nitrogens is 3. The van der Waals surface area contributed by atoms with Crippen LogP contribution in [0.25, 0.3) is 0 Å². The molecular formula is C18H23N5OS. The molecule has 1 N–H and O–H groups in total. The number of nitriles is 1. The molecule has 1 amide bonds. The molecule has 2 aromatic rings. The van der Waals surface area contributed by atoms with Crippen LogP contribution in [0.4, 0.5) is 5.69 Å². The smallest absolute Gasteiger partial charge is 0.237 e. The predicted molar refractivity (Wildman–Crippen MR) is 99.8 cm³/mol. The summed E-state index contributed by atoms with van der Waals surface area (Å²) in [5, 5.41) is 16.9. The van der Waals surface area contributed by atoms with Crippen molar-refractivity contribution in [3.8, 4) is 6.07 Å². The second-order valence-corrected chi connectivity index (χ2v) is 7.49. The predicted octanol–water partition coefficient (Wildman–Crippen LogP) is 3.35. The minimum Gasteiger partial charge on any atom is -0.322 e. The average Bonchev–Trinajstić information content (AvgIpc) is 2.79. The molecule has 2 heterocycles. The van der Waals surface area contributed by atoms with Crippen molar-refractivity contribution in [2.75, 3.05) is 5.32 Å². The Hall–Kier alpha value is -2.33. The van der Waals surface area contributed by atoms with Crippen molar-refractivity contribution in [1.29, 1.82) is 5.26 Å². The highest BCUT2D eigenvalue weighted by molar-refractivity contribution is 8.00. The van der Waals surface area contributed by atoms with E-state index in [4.69, 9.17) is 0 Å². The maximum absolute atomic E-state index is 12.6. The number of pyridine rings is 1. The standard InChI is InChI=1S/C18H23N5OS/c1-9-10(2)15(8-19)18(20-11(9)3)25-14(6)17(24)21-16-12(4)22-23(7)13(16)5/h14H,1-7H3,(H,21,24)/t14-/m1/s1. The van der Waals surface area contributed by atoms with Gasteiger partial charge in [-0.1, -0.05) is 11.8 Å². The summed E-state index contributed by atoms with van der Waals surface area (Å²) in [5.74, 6) is -0.134. The number of hydrogen-bond acceptors (Lipinski definition) is 5. The minimum atomic E-state index is -0.389. The Kier molecular flexibility index (Phi) is 5.53. The highest BCUT2D eigenvalue weighted by Crippen LogP contribution is 2.30. The van der Waals surface area contributed by atoms with Crippen LogP contribution in [0, 0.1) is 45.9 Å². The van der Waals surface area contributed by atoms with Gasteiger partial charge in [-0.2, -0.15) is 10.4 Å². The third-order valence-electron chi connectivity index (χ3n) is 4.49. The molecule has 0 fully saturated rings. The van der Waals surface area contributed by atoms with Crippen LogP contribution < -0.4 is 5.32 Å². The van der Waals surface area contributed by atoms with Gasteiger partial charge in [0.15, 0.2) is 0 Å². The molecule has 0 saturated heterocycles. The summed E-state index contributed by atoms with van der Waals surface area (Å²) in [6, 6.07) is 2.22. The Morgan fingerprint density at radius 3 is 2.36 bits per heavy atom. The normalized spacial score (nSPS) is 11.9. The summed E-state index contributed by atoms with van der Waals surface area (Å²) < 4.78 is 1.74. The van der Waals surface area contributed by atoms with Crippen LogP contribution in [0.1, 0.15) is 40.7 Å². The molecule has 2 rings (SSSR count). The van der Waals surface area contributed by atoms with Gasteiger partial charge in [-0.25, -0.2) is 4.98 Å². The number of nitrogens with one attached hydrogen (secondary N) is 1. The van der Waals surface area contributed by atoms with E-state index in [0.29, 0.717) is 10.6 Å². The summed E-state index contributed by atoms with van der Waals surface area (Å²) >= 11 is 1.30. The number of hydrogen-bond donors (Lipinski definition) is 1. The van der Waals surface area contributed by atoms with Gasteiger partial charge >= 0.3 is 0 Å². The van der Waals surface area contributed by atoms with E-state index in [-0.39, 0.29) is 11.2 Å². The molecule has 0 radical (unpaired) electrons. The van der Waals surface area contributed by atoms with E-state index >= 15 is 0 Å². The van der Waals surface area contributed by atoms with Crippen LogP contribution >= 0.6 is 11.8 Å².